The van der Waals surface area contributed by atoms with E-state index in [0.717, 1.165) is 6.07 Å². The fourth-order valence-electron chi connectivity index (χ4n) is 3.80. The van der Waals surface area contributed by atoms with Crippen molar-refractivity contribution in [3.63, 3.8) is 0 Å². The van der Waals surface area contributed by atoms with Crippen molar-refractivity contribution in [2.75, 3.05) is 35.3 Å². The molecule has 1 unspecified atom stereocenters. The number of carbonyl (C=O) groups is 2. The van der Waals surface area contributed by atoms with Crippen molar-refractivity contribution in [2.45, 2.75) is 44.5 Å². The maximum Gasteiger partial charge on any atom is 0.390 e. The van der Waals surface area contributed by atoms with Crippen molar-refractivity contribution in [1.29, 1.82) is 0 Å². The minimum absolute atomic E-state index is 0.0515. The molecule has 2 amide bonds. The predicted octanol–water partition coefficient (Wildman–Crippen LogP) is 5.91. The van der Waals surface area contributed by atoms with Gasteiger partial charge in [-0.15, -0.1) is 0 Å². The van der Waals surface area contributed by atoms with E-state index in [1.54, 1.807) is 4.90 Å². The summed E-state index contributed by atoms with van der Waals surface area (Å²) in [4.78, 5) is 25.5. The summed E-state index contributed by atoms with van der Waals surface area (Å²) in [6, 6.07) is 6.62. The van der Waals surface area contributed by atoms with Gasteiger partial charge in [0.1, 0.15) is 11.6 Å². The van der Waals surface area contributed by atoms with Crippen LogP contribution in [0, 0.1) is 5.82 Å². The number of aliphatic carboxylic acids is 1. The summed E-state index contributed by atoms with van der Waals surface area (Å²) >= 11 is 5.74. The van der Waals surface area contributed by atoms with Gasteiger partial charge in [0.05, 0.1) is 23.5 Å². The van der Waals surface area contributed by atoms with Crippen molar-refractivity contribution in [3.05, 3.63) is 47.2 Å². The van der Waals surface area contributed by atoms with E-state index >= 15 is 0 Å². The highest BCUT2D eigenvalue weighted by atomic mass is 35.5. The van der Waals surface area contributed by atoms with Gasteiger partial charge >= 0.3 is 18.2 Å². The number of ether oxygens (including phenoxy) is 2. The zero-order valence-electron chi connectivity index (χ0n) is 19.8. The molecule has 1 heterocycles. The minimum Gasteiger partial charge on any atom is -0.479 e. The number of carboxylic acid groups (broad SMARTS) is 1. The number of anilines is 3. The van der Waals surface area contributed by atoms with Crippen LogP contribution in [0.2, 0.25) is 5.02 Å². The predicted molar refractivity (Wildman–Crippen MR) is 130 cm³/mol. The Morgan fingerprint density at radius 3 is 2.46 bits per heavy atom. The fraction of sp³-hybridized carbons (Fsp3) is 0.417. The molecule has 1 aliphatic rings. The van der Waals surface area contributed by atoms with Gasteiger partial charge in [-0.05, 0) is 50.1 Å². The molecule has 0 aliphatic carbocycles. The molecule has 13 heteroatoms. The van der Waals surface area contributed by atoms with Crippen LogP contribution in [-0.2, 0) is 9.53 Å². The van der Waals surface area contributed by atoms with Crippen LogP contribution >= 0.6 is 11.6 Å². The van der Waals surface area contributed by atoms with E-state index < -0.39 is 36.5 Å². The number of benzene rings is 2. The van der Waals surface area contributed by atoms with Crippen molar-refractivity contribution in [1.82, 2.24) is 0 Å². The maximum absolute atomic E-state index is 14.2. The molecule has 2 aromatic carbocycles. The second-order valence-electron chi connectivity index (χ2n) is 8.38. The summed E-state index contributed by atoms with van der Waals surface area (Å²) < 4.78 is 64.3. The molecule has 0 aromatic heterocycles. The monoisotopic (exact) mass is 547 g/mol. The normalized spacial score (nSPS) is 15.1. The van der Waals surface area contributed by atoms with E-state index in [0.29, 0.717) is 26.1 Å². The van der Waals surface area contributed by atoms with Crippen LogP contribution in [0.3, 0.4) is 0 Å². The van der Waals surface area contributed by atoms with Gasteiger partial charge in [0, 0.05) is 36.9 Å². The quantitative estimate of drug-likeness (QED) is 0.337. The van der Waals surface area contributed by atoms with Gasteiger partial charge in [0.15, 0.2) is 6.10 Å². The van der Waals surface area contributed by atoms with Crippen molar-refractivity contribution in [3.8, 4) is 5.75 Å². The number of urea groups is 1. The molecule has 1 aliphatic heterocycles. The fourth-order valence-corrected chi connectivity index (χ4v) is 3.96. The molecule has 1 atom stereocenters. The number of carbonyl (C=O) groups excluding carboxylic acids is 1. The number of amides is 2. The lowest BCUT2D eigenvalue weighted by Crippen LogP contribution is -2.42. The van der Waals surface area contributed by atoms with Crippen LogP contribution in [0.1, 0.15) is 26.2 Å². The largest absolute Gasteiger partial charge is 0.479 e. The first-order chi connectivity index (χ1) is 17.4. The van der Waals surface area contributed by atoms with E-state index in [1.165, 1.54) is 37.3 Å². The smallest absolute Gasteiger partial charge is 0.390 e. The highest BCUT2D eigenvalue weighted by molar-refractivity contribution is 6.30. The molecule has 1 saturated heterocycles. The lowest BCUT2D eigenvalue weighted by Gasteiger charge is -2.37. The molecule has 0 saturated carbocycles. The number of alkyl halides is 3. The Balaban J connectivity index is 1.95. The van der Waals surface area contributed by atoms with Crippen LogP contribution < -0.4 is 20.3 Å². The number of nitrogens with one attached hydrogen (secondary N) is 2. The Hall–Kier alpha value is -3.25. The molecule has 37 heavy (non-hydrogen) atoms. The third-order valence-corrected chi connectivity index (χ3v) is 5.87. The van der Waals surface area contributed by atoms with Crippen LogP contribution in [0.5, 0.6) is 5.75 Å². The number of rotatable bonds is 9. The second-order valence-corrected chi connectivity index (χ2v) is 8.82. The highest BCUT2D eigenvalue weighted by Gasteiger charge is 2.32. The Bertz CT molecular complexity index is 1110. The Labute approximate surface area is 215 Å². The summed E-state index contributed by atoms with van der Waals surface area (Å²) in [6.45, 7) is 1.65. The molecule has 2 aromatic rings. The van der Waals surface area contributed by atoms with Crippen LogP contribution in [0.15, 0.2) is 36.4 Å². The number of carboxylic acids is 1. The van der Waals surface area contributed by atoms with Gasteiger partial charge < -0.3 is 30.1 Å². The Morgan fingerprint density at radius 1 is 1.16 bits per heavy atom. The zero-order chi connectivity index (χ0) is 27.2. The van der Waals surface area contributed by atoms with Gasteiger partial charge in [0.2, 0.25) is 0 Å². The molecule has 8 nitrogen and oxygen atoms in total. The highest BCUT2D eigenvalue weighted by Crippen LogP contribution is 2.35. The minimum atomic E-state index is -4.42. The summed E-state index contributed by atoms with van der Waals surface area (Å²) in [6.07, 6.45) is -5.81. The molecule has 0 bridgehead atoms. The molecular formula is C24H26ClF4N3O5. The van der Waals surface area contributed by atoms with Gasteiger partial charge in [-0.25, -0.2) is 14.0 Å². The third-order valence-electron chi connectivity index (χ3n) is 5.63. The first kappa shape index (κ1) is 28.3. The van der Waals surface area contributed by atoms with Gasteiger partial charge in [-0.1, -0.05) is 11.6 Å². The maximum atomic E-state index is 14.2. The van der Waals surface area contributed by atoms with E-state index in [-0.39, 0.29) is 40.4 Å². The molecule has 1 fully saturated rings. The number of hydrogen-bond donors (Lipinski definition) is 3. The summed E-state index contributed by atoms with van der Waals surface area (Å²) in [5.41, 5.74) is 0.141. The first-order valence-corrected chi connectivity index (χ1v) is 11.8. The number of halogens is 5. The SMILES string of the molecule is CC(Oc1ccc(N(CCC(F)(F)F)C2CCOCC2)c(NC(=O)Nc2ccc(Cl)cc2F)c1)C(=O)O. The average molecular weight is 548 g/mol. The van der Waals surface area contributed by atoms with Crippen molar-refractivity contribution >= 4 is 40.7 Å². The van der Waals surface area contributed by atoms with E-state index in [9.17, 15) is 27.2 Å². The number of hydrogen-bond acceptors (Lipinski definition) is 5. The van der Waals surface area contributed by atoms with Gasteiger partial charge in [-0.3, -0.25) is 0 Å². The van der Waals surface area contributed by atoms with E-state index in [2.05, 4.69) is 10.6 Å². The molecular weight excluding hydrogens is 522 g/mol. The van der Waals surface area contributed by atoms with Crippen molar-refractivity contribution in [2.24, 2.45) is 0 Å². The van der Waals surface area contributed by atoms with E-state index in [4.69, 9.17) is 26.2 Å². The first-order valence-electron chi connectivity index (χ1n) is 11.4. The van der Waals surface area contributed by atoms with Crippen LogP contribution in [-0.4, -0.2) is 55.2 Å². The lowest BCUT2D eigenvalue weighted by atomic mass is 10.0. The topological polar surface area (TPSA) is 100 Å². The average Bonchev–Trinajstić information content (AvgIpc) is 2.82. The summed E-state index contributed by atoms with van der Waals surface area (Å²) in [5, 5.41) is 14.1. The van der Waals surface area contributed by atoms with Gasteiger partial charge in [-0.2, -0.15) is 13.2 Å². The second kappa shape index (κ2) is 12.3. The molecule has 202 valence electrons. The lowest BCUT2D eigenvalue weighted by molar-refractivity contribution is -0.144. The third kappa shape index (κ3) is 8.39. The molecule has 3 rings (SSSR count). The number of nitrogens with zero attached hydrogens (tertiary/aromatic N) is 1. The van der Waals surface area contributed by atoms with Crippen LogP contribution in [0.25, 0.3) is 0 Å². The molecule has 0 radical (unpaired) electrons. The van der Waals surface area contributed by atoms with Gasteiger partial charge in [0.25, 0.3) is 0 Å². The molecule has 0 spiro atoms. The van der Waals surface area contributed by atoms with Crippen molar-refractivity contribution < 1.29 is 41.7 Å². The molecule has 3 N–H and O–H groups in total. The summed E-state index contributed by atoms with van der Waals surface area (Å²) in [7, 11) is 0. The summed E-state index contributed by atoms with van der Waals surface area (Å²) in [5.74, 6) is -1.96. The zero-order valence-corrected chi connectivity index (χ0v) is 20.5. The Morgan fingerprint density at radius 2 is 1.84 bits per heavy atom. The standard InChI is InChI=1S/C24H26ClF4N3O5/c1-14(22(33)34)37-17-3-5-21(32(9-8-24(27,28)29)16-6-10-36-11-7-16)20(13-17)31-23(35)30-19-4-2-15(25)12-18(19)26/h2-5,12-14,16H,6-11H2,1H3,(H,33,34)(H2,30,31,35). The Kier molecular flexibility index (Phi) is 9.44. The van der Waals surface area contributed by atoms with Crippen LogP contribution in [0.4, 0.5) is 39.4 Å². The van der Waals surface area contributed by atoms with E-state index in [1.807, 2.05) is 0 Å².